The van der Waals surface area contributed by atoms with Gasteiger partial charge in [0.2, 0.25) is 0 Å². The number of anilines is 2. The molecule has 34 heavy (non-hydrogen) atoms. The Morgan fingerprint density at radius 2 is 0.853 bits per heavy atom. The SMILES string of the molecule is O=C(Nc1ccc(/C=C/c2ccc(NC(=O)Oc3ccccc3)cc2)cc1)Oc1ccccc1. The predicted molar refractivity (Wildman–Crippen MR) is 134 cm³/mol. The normalized spacial score (nSPS) is 10.5. The molecule has 0 fully saturated rings. The quantitative estimate of drug-likeness (QED) is 0.308. The van der Waals surface area contributed by atoms with Crippen molar-refractivity contribution in [1.29, 1.82) is 0 Å². The van der Waals surface area contributed by atoms with E-state index < -0.39 is 12.2 Å². The molecule has 0 saturated heterocycles. The predicted octanol–water partition coefficient (Wildman–Crippen LogP) is 7.08. The molecule has 4 rings (SSSR count). The van der Waals surface area contributed by atoms with Crippen LogP contribution < -0.4 is 20.1 Å². The van der Waals surface area contributed by atoms with Gasteiger partial charge in [-0.25, -0.2) is 9.59 Å². The van der Waals surface area contributed by atoms with Crippen LogP contribution in [0.3, 0.4) is 0 Å². The lowest BCUT2D eigenvalue weighted by Gasteiger charge is -2.07. The summed E-state index contributed by atoms with van der Waals surface area (Å²) in [5.41, 5.74) is 3.21. The van der Waals surface area contributed by atoms with Crippen LogP contribution in [0.1, 0.15) is 11.1 Å². The first-order chi connectivity index (χ1) is 16.6. The fourth-order valence-electron chi connectivity index (χ4n) is 3.03. The van der Waals surface area contributed by atoms with E-state index in [9.17, 15) is 9.59 Å². The Morgan fingerprint density at radius 3 is 1.21 bits per heavy atom. The standard InChI is InChI=1S/C28H22N2O4/c31-27(33-25-7-3-1-4-8-25)29-23-17-13-21(14-18-23)11-12-22-15-19-24(20-16-22)30-28(32)34-26-9-5-2-6-10-26/h1-20H,(H,29,31)(H,30,32)/b12-11+. The highest BCUT2D eigenvalue weighted by Crippen LogP contribution is 2.17. The molecule has 6 heteroatoms. The Labute approximate surface area is 197 Å². The van der Waals surface area contributed by atoms with Crippen LogP contribution in [0.4, 0.5) is 21.0 Å². The Kier molecular flexibility index (Phi) is 7.33. The van der Waals surface area contributed by atoms with Gasteiger partial charge in [0, 0.05) is 11.4 Å². The Hall–Kier alpha value is -4.84. The van der Waals surface area contributed by atoms with Gasteiger partial charge in [0.1, 0.15) is 11.5 Å². The molecule has 0 aromatic heterocycles. The van der Waals surface area contributed by atoms with Gasteiger partial charge in [-0.2, -0.15) is 0 Å². The second kappa shape index (κ2) is 11.2. The lowest BCUT2D eigenvalue weighted by atomic mass is 10.1. The van der Waals surface area contributed by atoms with Gasteiger partial charge in [0.15, 0.2) is 0 Å². The van der Waals surface area contributed by atoms with Crippen LogP contribution in [0.2, 0.25) is 0 Å². The number of benzene rings is 4. The summed E-state index contributed by atoms with van der Waals surface area (Å²) in [4.78, 5) is 24.0. The Morgan fingerprint density at radius 1 is 0.500 bits per heavy atom. The first-order valence-electron chi connectivity index (χ1n) is 10.6. The fourth-order valence-corrected chi connectivity index (χ4v) is 3.03. The molecule has 0 aliphatic rings. The molecule has 0 saturated carbocycles. The molecule has 168 valence electrons. The minimum Gasteiger partial charge on any atom is -0.410 e. The summed E-state index contributed by atoms with van der Waals surface area (Å²) < 4.78 is 10.4. The van der Waals surface area contributed by atoms with Crippen LogP contribution >= 0.6 is 0 Å². The van der Waals surface area contributed by atoms with E-state index in [0.717, 1.165) is 11.1 Å². The summed E-state index contributed by atoms with van der Waals surface area (Å²) in [5.74, 6) is 0.961. The highest BCUT2D eigenvalue weighted by atomic mass is 16.6. The number of hydrogen-bond acceptors (Lipinski definition) is 4. The molecule has 0 bridgehead atoms. The molecule has 0 spiro atoms. The highest BCUT2D eigenvalue weighted by Gasteiger charge is 2.05. The van der Waals surface area contributed by atoms with E-state index in [-0.39, 0.29) is 0 Å². The van der Waals surface area contributed by atoms with Gasteiger partial charge in [0.05, 0.1) is 0 Å². The molecule has 2 N–H and O–H groups in total. The average molecular weight is 450 g/mol. The largest absolute Gasteiger partial charge is 0.417 e. The topological polar surface area (TPSA) is 76.7 Å². The van der Waals surface area contributed by atoms with Crippen LogP contribution in [-0.2, 0) is 0 Å². The zero-order chi connectivity index (χ0) is 23.6. The van der Waals surface area contributed by atoms with Gasteiger partial charge >= 0.3 is 12.2 Å². The molecule has 0 atom stereocenters. The van der Waals surface area contributed by atoms with Gasteiger partial charge in [-0.3, -0.25) is 10.6 Å². The van der Waals surface area contributed by atoms with Crippen LogP contribution in [0, 0.1) is 0 Å². The van der Waals surface area contributed by atoms with Gasteiger partial charge in [-0.15, -0.1) is 0 Å². The van der Waals surface area contributed by atoms with Crippen molar-refractivity contribution >= 4 is 35.7 Å². The number of amides is 2. The molecule has 0 aliphatic carbocycles. The average Bonchev–Trinajstić information content (AvgIpc) is 2.85. The fraction of sp³-hybridized carbons (Fsp3) is 0. The van der Waals surface area contributed by atoms with E-state index in [1.54, 1.807) is 72.8 Å². The summed E-state index contributed by atoms with van der Waals surface area (Å²) in [5, 5.41) is 5.40. The lowest BCUT2D eigenvalue weighted by molar-refractivity contribution is 0.214. The number of rotatable bonds is 6. The first-order valence-corrected chi connectivity index (χ1v) is 10.6. The first kappa shape index (κ1) is 22.4. The summed E-state index contributed by atoms with van der Waals surface area (Å²) in [7, 11) is 0. The van der Waals surface area contributed by atoms with E-state index in [4.69, 9.17) is 9.47 Å². The molecule has 6 nitrogen and oxygen atoms in total. The lowest BCUT2D eigenvalue weighted by Crippen LogP contribution is -2.16. The smallest absolute Gasteiger partial charge is 0.410 e. The maximum atomic E-state index is 12.0. The zero-order valence-corrected chi connectivity index (χ0v) is 18.2. The molecular weight excluding hydrogens is 428 g/mol. The van der Waals surface area contributed by atoms with E-state index in [1.807, 2.05) is 48.6 Å². The molecule has 0 aliphatic heterocycles. The Bertz CT molecular complexity index is 1150. The molecule has 4 aromatic carbocycles. The third-order valence-electron chi connectivity index (χ3n) is 4.69. The maximum absolute atomic E-state index is 12.0. The van der Waals surface area contributed by atoms with Crippen molar-refractivity contribution < 1.29 is 19.1 Å². The minimum absolute atomic E-state index is 0.480. The van der Waals surface area contributed by atoms with Crippen LogP contribution in [-0.4, -0.2) is 12.2 Å². The van der Waals surface area contributed by atoms with Gasteiger partial charge in [-0.1, -0.05) is 72.8 Å². The third kappa shape index (κ3) is 6.83. The van der Waals surface area contributed by atoms with Crippen molar-refractivity contribution in [2.45, 2.75) is 0 Å². The number of nitrogens with one attached hydrogen (secondary N) is 2. The molecule has 0 heterocycles. The van der Waals surface area contributed by atoms with Crippen molar-refractivity contribution in [3.8, 4) is 11.5 Å². The number of hydrogen-bond donors (Lipinski definition) is 2. The Balaban J connectivity index is 1.27. The van der Waals surface area contributed by atoms with Crippen molar-refractivity contribution in [2.75, 3.05) is 10.6 Å². The second-order valence-electron chi connectivity index (χ2n) is 7.23. The molecule has 2 amide bonds. The van der Waals surface area contributed by atoms with Gasteiger partial charge in [-0.05, 0) is 59.7 Å². The highest BCUT2D eigenvalue weighted by molar-refractivity contribution is 5.87. The van der Waals surface area contributed by atoms with Crippen molar-refractivity contribution in [3.05, 3.63) is 120 Å². The summed E-state index contributed by atoms with van der Waals surface area (Å²) in [6.45, 7) is 0. The molecular formula is C28H22N2O4. The zero-order valence-electron chi connectivity index (χ0n) is 18.2. The van der Waals surface area contributed by atoms with E-state index >= 15 is 0 Å². The van der Waals surface area contributed by atoms with Crippen molar-refractivity contribution in [3.63, 3.8) is 0 Å². The van der Waals surface area contributed by atoms with Crippen LogP contribution in [0.25, 0.3) is 12.2 Å². The van der Waals surface area contributed by atoms with Crippen LogP contribution in [0.5, 0.6) is 11.5 Å². The van der Waals surface area contributed by atoms with Crippen LogP contribution in [0.15, 0.2) is 109 Å². The summed E-state index contributed by atoms with van der Waals surface area (Å²) in [6, 6.07) is 32.5. The number of para-hydroxylation sites is 2. The number of ether oxygens (including phenoxy) is 2. The molecule has 4 aromatic rings. The monoisotopic (exact) mass is 450 g/mol. The number of carbonyl (C=O) groups excluding carboxylic acids is 2. The van der Waals surface area contributed by atoms with E-state index in [1.165, 1.54) is 0 Å². The summed E-state index contributed by atoms with van der Waals surface area (Å²) >= 11 is 0. The van der Waals surface area contributed by atoms with Crippen molar-refractivity contribution in [2.24, 2.45) is 0 Å². The second-order valence-corrected chi connectivity index (χ2v) is 7.23. The molecule has 0 unspecified atom stereocenters. The van der Waals surface area contributed by atoms with Gasteiger partial charge in [0.25, 0.3) is 0 Å². The van der Waals surface area contributed by atoms with E-state index in [0.29, 0.717) is 22.9 Å². The molecule has 0 radical (unpaired) electrons. The summed E-state index contributed by atoms with van der Waals surface area (Å²) in [6.07, 6.45) is 2.82. The third-order valence-corrected chi connectivity index (χ3v) is 4.69. The van der Waals surface area contributed by atoms with E-state index in [2.05, 4.69) is 10.6 Å². The maximum Gasteiger partial charge on any atom is 0.417 e. The van der Waals surface area contributed by atoms with Crippen molar-refractivity contribution in [1.82, 2.24) is 0 Å². The minimum atomic E-state index is -0.546. The number of carbonyl (C=O) groups is 2. The van der Waals surface area contributed by atoms with Gasteiger partial charge < -0.3 is 9.47 Å².